The number of benzene rings is 1. The summed E-state index contributed by atoms with van der Waals surface area (Å²) in [7, 11) is 0. The largest absolute Gasteiger partial charge is 0.459 e. The quantitative estimate of drug-likeness (QED) is 0.551. The van der Waals surface area contributed by atoms with E-state index in [2.05, 4.69) is 10.3 Å². The van der Waals surface area contributed by atoms with Crippen molar-refractivity contribution in [1.82, 2.24) is 10.2 Å². The fraction of sp³-hybridized carbons (Fsp3) is 0.292. The Morgan fingerprint density at radius 3 is 2.67 bits per heavy atom. The van der Waals surface area contributed by atoms with Crippen molar-refractivity contribution in [3.05, 3.63) is 80.4 Å². The number of allylic oxidation sites excluding steroid dienone is 1. The predicted octanol–water partition coefficient (Wildman–Crippen LogP) is 5.12. The molecule has 1 unspecified atom stereocenters. The topological polar surface area (TPSA) is 71.0 Å². The number of amides is 1. The molecular weight excluding hydrogens is 461 g/mol. The smallest absolute Gasteiger partial charge is 0.338 e. The van der Waals surface area contributed by atoms with Gasteiger partial charge in [0.05, 0.1) is 23.8 Å². The molecule has 9 heteroatoms. The van der Waals surface area contributed by atoms with Gasteiger partial charge < -0.3 is 15.0 Å². The predicted molar refractivity (Wildman–Crippen MR) is 129 cm³/mol. The molecule has 0 aliphatic carbocycles. The minimum absolute atomic E-state index is 0.126. The van der Waals surface area contributed by atoms with Gasteiger partial charge in [0.15, 0.2) is 5.17 Å². The maximum atomic E-state index is 13.1. The number of rotatable bonds is 7. The van der Waals surface area contributed by atoms with Crippen LogP contribution in [0.15, 0.2) is 69.1 Å². The number of aliphatic imine (C=N–C) groups is 1. The van der Waals surface area contributed by atoms with E-state index < -0.39 is 12.0 Å². The summed E-state index contributed by atoms with van der Waals surface area (Å²) in [6, 6.07) is 9.52. The van der Waals surface area contributed by atoms with E-state index in [0.717, 1.165) is 21.3 Å². The molecule has 0 saturated heterocycles. The number of ether oxygens (including phenoxy) is 1. The molecule has 33 heavy (non-hydrogen) atoms. The summed E-state index contributed by atoms with van der Waals surface area (Å²) in [5.41, 5.74) is 2.67. The van der Waals surface area contributed by atoms with Crippen molar-refractivity contribution in [1.29, 1.82) is 0 Å². The second-order valence-corrected chi connectivity index (χ2v) is 9.76. The molecule has 1 atom stereocenters. The highest BCUT2D eigenvalue weighted by Gasteiger charge is 2.41. The monoisotopic (exact) mass is 485 g/mol. The Labute approximate surface area is 200 Å². The molecule has 4 rings (SSSR count). The van der Waals surface area contributed by atoms with Gasteiger partial charge in [-0.05, 0) is 55.3 Å². The molecule has 6 nitrogen and oxygen atoms in total. The molecule has 1 amide bonds. The third kappa shape index (κ3) is 5.20. The van der Waals surface area contributed by atoms with Gasteiger partial charge in [0, 0.05) is 17.1 Å². The van der Waals surface area contributed by atoms with E-state index >= 15 is 0 Å². The lowest BCUT2D eigenvalue weighted by molar-refractivity contribution is -0.143. The number of thioether (sulfide) groups is 1. The summed E-state index contributed by atoms with van der Waals surface area (Å²) in [6.45, 7) is 5.75. The van der Waals surface area contributed by atoms with E-state index in [1.165, 1.54) is 23.9 Å². The number of nitrogens with zero attached hydrogens (tertiary/aromatic N) is 2. The fourth-order valence-electron chi connectivity index (χ4n) is 3.65. The summed E-state index contributed by atoms with van der Waals surface area (Å²) < 4.78 is 18.6. The van der Waals surface area contributed by atoms with Crippen LogP contribution in [-0.2, 0) is 20.9 Å². The molecule has 3 heterocycles. The third-order valence-electron chi connectivity index (χ3n) is 5.12. The van der Waals surface area contributed by atoms with E-state index in [9.17, 15) is 14.0 Å². The van der Waals surface area contributed by atoms with Crippen LogP contribution in [0.3, 0.4) is 0 Å². The Bertz CT molecular complexity index is 1140. The second kappa shape index (κ2) is 9.93. The Balaban J connectivity index is 1.55. The Morgan fingerprint density at radius 1 is 1.24 bits per heavy atom. The van der Waals surface area contributed by atoms with Gasteiger partial charge in [-0.15, -0.1) is 11.3 Å². The average Bonchev–Trinajstić information content (AvgIpc) is 3.42. The van der Waals surface area contributed by atoms with Crippen molar-refractivity contribution < 1.29 is 18.7 Å². The van der Waals surface area contributed by atoms with E-state index in [1.807, 2.05) is 48.6 Å². The van der Waals surface area contributed by atoms with E-state index in [1.54, 1.807) is 23.5 Å². The van der Waals surface area contributed by atoms with Crippen LogP contribution in [0.25, 0.3) is 0 Å². The molecule has 2 aromatic rings. The lowest BCUT2D eigenvalue weighted by Crippen LogP contribution is -2.38. The minimum Gasteiger partial charge on any atom is -0.459 e. The highest BCUT2D eigenvalue weighted by molar-refractivity contribution is 8.16. The van der Waals surface area contributed by atoms with Crippen molar-refractivity contribution in [2.45, 2.75) is 45.9 Å². The SMILES string of the molecule is CC1=C(C(=O)OC(C)C)C(c2cccs2)N2C(CC(=O)NCc3ccc(F)cc3)=CSC2=N1. The maximum Gasteiger partial charge on any atom is 0.338 e. The molecule has 1 aromatic carbocycles. The van der Waals surface area contributed by atoms with Gasteiger partial charge >= 0.3 is 5.97 Å². The molecular formula is C24H24FN3O3S2. The highest BCUT2D eigenvalue weighted by atomic mass is 32.2. The molecule has 1 N–H and O–H groups in total. The number of esters is 1. The van der Waals surface area contributed by atoms with E-state index in [-0.39, 0.29) is 24.2 Å². The molecule has 0 spiro atoms. The molecule has 1 aromatic heterocycles. The standard InChI is InChI=1S/C24H24FN3O3S2/c1-14(2)31-23(30)21-15(3)27-24-28(22(21)19-5-4-10-32-19)18(13-33-24)11-20(29)26-12-16-6-8-17(25)9-7-16/h4-10,13-14,22H,11-12H2,1-3H3,(H,26,29). The normalized spacial score (nSPS) is 17.6. The van der Waals surface area contributed by atoms with E-state index in [4.69, 9.17) is 4.74 Å². The first kappa shape index (κ1) is 23.3. The zero-order chi connectivity index (χ0) is 23.5. The highest BCUT2D eigenvalue weighted by Crippen LogP contribution is 2.45. The van der Waals surface area contributed by atoms with Crippen LogP contribution in [0, 0.1) is 5.82 Å². The average molecular weight is 486 g/mol. The molecule has 2 aliphatic heterocycles. The van der Waals surface area contributed by atoms with Crippen LogP contribution < -0.4 is 5.32 Å². The number of hydrogen-bond acceptors (Lipinski definition) is 7. The number of halogens is 1. The van der Waals surface area contributed by atoms with Gasteiger partial charge in [0.1, 0.15) is 11.9 Å². The lowest BCUT2D eigenvalue weighted by atomic mass is 9.99. The zero-order valence-electron chi connectivity index (χ0n) is 18.5. The van der Waals surface area contributed by atoms with Crippen LogP contribution in [0.2, 0.25) is 0 Å². The molecule has 0 radical (unpaired) electrons. The summed E-state index contributed by atoms with van der Waals surface area (Å²) in [5.74, 6) is -0.888. The number of hydrogen-bond donors (Lipinski definition) is 1. The third-order valence-corrected chi connectivity index (χ3v) is 6.93. The van der Waals surface area contributed by atoms with Gasteiger partial charge in [-0.2, -0.15) is 0 Å². The molecule has 0 bridgehead atoms. The number of thiophene rings is 1. The van der Waals surface area contributed by atoms with Crippen molar-refractivity contribution in [3.8, 4) is 0 Å². The van der Waals surface area contributed by atoms with Crippen LogP contribution >= 0.6 is 23.1 Å². The number of amidine groups is 1. The van der Waals surface area contributed by atoms with Gasteiger partial charge in [-0.25, -0.2) is 14.2 Å². The van der Waals surface area contributed by atoms with Crippen LogP contribution in [-0.4, -0.2) is 28.0 Å². The van der Waals surface area contributed by atoms with Crippen molar-refractivity contribution in [2.75, 3.05) is 0 Å². The molecule has 172 valence electrons. The van der Waals surface area contributed by atoms with E-state index in [0.29, 0.717) is 17.8 Å². The first-order valence-corrected chi connectivity index (χ1v) is 12.3. The lowest BCUT2D eigenvalue weighted by Gasteiger charge is -2.35. The zero-order valence-corrected chi connectivity index (χ0v) is 20.1. The molecule has 0 fully saturated rings. The first-order chi connectivity index (χ1) is 15.8. The van der Waals surface area contributed by atoms with Crippen molar-refractivity contribution in [2.24, 2.45) is 4.99 Å². The number of carbonyl (C=O) groups excluding carboxylic acids is 2. The second-order valence-electron chi connectivity index (χ2n) is 7.94. The molecule has 0 saturated carbocycles. The van der Waals surface area contributed by atoms with Gasteiger partial charge in [-0.3, -0.25) is 4.79 Å². The van der Waals surface area contributed by atoms with Crippen LogP contribution in [0.4, 0.5) is 4.39 Å². The number of fused-ring (bicyclic) bond motifs is 1. The van der Waals surface area contributed by atoms with Crippen molar-refractivity contribution in [3.63, 3.8) is 0 Å². The Hall–Kier alpha value is -2.91. The summed E-state index contributed by atoms with van der Waals surface area (Å²) in [4.78, 5) is 33.3. The summed E-state index contributed by atoms with van der Waals surface area (Å²) in [6.07, 6.45) is -0.131. The minimum atomic E-state index is -0.408. The van der Waals surface area contributed by atoms with Gasteiger partial charge in [-0.1, -0.05) is 30.0 Å². The fourth-order valence-corrected chi connectivity index (χ4v) is 5.44. The first-order valence-electron chi connectivity index (χ1n) is 10.5. The van der Waals surface area contributed by atoms with Gasteiger partial charge in [0.2, 0.25) is 5.91 Å². The van der Waals surface area contributed by atoms with Crippen LogP contribution in [0.1, 0.15) is 43.7 Å². The summed E-state index contributed by atoms with van der Waals surface area (Å²) >= 11 is 2.98. The Morgan fingerprint density at radius 2 is 2.00 bits per heavy atom. The number of carbonyl (C=O) groups is 2. The maximum absolute atomic E-state index is 13.1. The number of nitrogens with one attached hydrogen (secondary N) is 1. The van der Waals surface area contributed by atoms with Gasteiger partial charge in [0.25, 0.3) is 0 Å². The van der Waals surface area contributed by atoms with Crippen molar-refractivity contribution >= 4 is 40.1 Å². The Kier molecular flexibility index (Phi) is 6.99. The van der Waals surface area contributed by atoms with Crippen LogP contribution in [0.5, 0.6) is 0 Å². The summed E-state index contributed by atoms with van der Waals surface area (Å²) in [5, 5.41) is 7.48. The molecule has 2 aliphatic rings.